The van der Waals surface area contributed by atoms with E-state index in [-0.39, 0.29) is 18.3 Å². The zero-order valence-electron chi connectivity index (χ0n) is 11.8. The van der Waals surface area contributed by atoms with Gasteiger partial charge < -0.3 is 11.5 Å². The molecule has 1 amide bonds. The predicted octanol–water partition coefficient (Wildman–Crippen LogP) is 1.77. The summed E-state index contributed by atoms with van der Waals surface area (Å²) in [6.45, 7) is 4.01. The lowest BCUT2D eigenvalue weighted by atomic mass is 9.94. The van der Waals surface area contributed by atoms with Crippen molar-refractivity contribution in [3.63, 3.8) is 0 Å². The molecule has 1 aliphatic heterocycles. The second kappa shape index (κ2) is 8.25. The van der Waals surface area contributed by atoms with E-state index in [9.17, 15) is 4.79 Å². The summed E-state index contributed by atoms with van der Waals surface area (Å²) < 4.78 is 0. The van der Waals surface area contributed by atoms with Gasteiger partial charge in [0.2, 0.25) is 5.91 Å². The van der Waals surface area contributed by atoms with Crippen LogP contribution < -0.4 is 11.5 Å². The molecule has 112 valence electrons. The predicted molar refractivity (Wildman–Crippen MR) is 83.9 cm³/mol. The maximum absolute atomic E-state index is 11.0. The average molecular weight is 298 g/mol. The molecule has 1 unspecified atom stereocenters. The first kappa shape index (κ1) is 17.0. The van der Waals surface area contributed by atoms with Crippen LogP contribution >= 0.6 is 12.4 Å². The van der Waals surface area contributed by atoms with Crippen LogP contribution in [0.5, 0.6) is 0 Å². The molecule has 20 heavy (non-hydrogen) atoms. The third-order valence-electron chi connectivity index (χ3n) is 3.82. The largest absolute Gasteiger partial charge is 0.366 e. The number of hydrogen-bond donors (Lipinski definition) is 2. The van der Waals surface area contributed by atoms with E-state index < -0.39 is 0 Å². The first-order valence-corrected chi connectivity index (χ1v) is 7.00. The van der Waals surface area contributed by atoms with E-state index in [1.54, 1.807) is 12.1 Å². The molecule has 1 atom stereocenters. The summed E-state index contributed by atoms with van der Waals surface area (Å²) in [5, 5.41) is 0. The van der Waals surface area contributed by atoms with Gasteiger partial charge in [0.15, 0.2) is 0 Å². The van der Waals surface area contributed by atoms with E-state index in [0.29, 0.717) is 5.56 Å². The highest BCUT2D eigenvalue weighted by molar-refractivity contribution is 5.92. The molecule has 1 aromatic rings. The van der Waals surface area contributed by atoms with E-state index in [0.717, 1.165) is 38.5 Å². The van der Waals surface area contributed by atoms with Crippen LogP contribution in [0.15, 0.2) is 24.3 Å². The summed E-state index contributed by atoms with van der Waals surface area (Å²) in [6, 6.07) is 7.59. The van der Waals surface area contributed by atoms with Crippen LogP contribution in [0.3, 0.4) is 0 Å². The van der Waals surface area contributed by atoms with Crippen LogP contribution in [0.1, 0.15) is 35.2 Å². The number of carbonyl (C=O) groups excluding carboxylic acids is 1. The van der Waals surface area contributed by atoms with Crippen molar-refractivity contribution in [2.24, 2.45) is 17.4 Å². The molecule has 0 aliphatic carbocycles. The molecule has 1 fully saturated rings. The van der Waals surface area contributed by atoms with E-state index in [2.05, 4.69) is 4.90 Å². The van der Waals surface area contributed by atoms with Crippen LogP contribution in [-0.2, 0) is 6.54 Å². The average Bonchev–Trinajstić information content (AvgIpc) is 2.40. The highest BCUT2D eigenvalue weighted by Crippen LogP contribution is 2.20. The van der Waals surface area contributed by atoms with Crippen molar-refractivity contribution in [3.05, 3.63) is 35.4 Å². The number of likely N-dealkylation sites (tertiary alicyclic amines) is 1. The smallest absolute Gasteiger partial charge is 0.248 e. The Balaban J connectivity index is 0.00000200. The van der Waals surface area contributed by atoms with Gasteiger partial charge in [-0.1, -0.05) is 12.1 Å². The molecule has 0 spiro atoms. The first-order valence-electron chi connectivity index (χ1n) is 7.00. The number of benzene rings is 1. The van der Waals surface area contributed by atoms with E-state index >= 15 is 0 Å². The van der Waals surface area contributed by atoms with Crippen molar-refractivity contribution in [3.8, 4) is 0 Å². The van der Waals surface area contributed by atoms with Gasteiger partial charge in [0, 0.05) is 18.7 Å². The molecule has 1 aromatic carbocycles. The number of halogens is 1. The lowest BCUT2D eigenvalue weighted by Crippen LogP contribution is -2.35. The van der Waals surface area contributed by atoms with E-state index in [1.807, 2.05) is 12.1 Å². The number of nitrogens with two attached hydrogens (primary N) is 2. The lowest BCUT2D eigenvalue weighted by Gasteiger charge is -2.32. The molecular formula is C15H24ClN3O. The summed E-state index contributed by atoms with van der Waals surface area (Å²) in [5.41, 5.74) is 12.7. The summed E-state index contributed by atoms with van der Waals surface area (Å²) in [4.78, 5) is 13.5. The zero-order chi connectivity index (χ0) is 13.7. The number of rotatable bonds is 5. The monoisotopic (exact) mass is 297 g/mol. The first-order chi connectivity index (χ1) is 9.19. The Hall–Kier alpha value is -1.10. The Morgan fingerprint density at radius 1 is 1.30 bits per heavy atom. The van der Waals surface area contributed by atoms with E-state index in [1.165, 1.54) is 18.4 Å². The van der Waals surface area contributed by atoms with E-state index in [4.69, 9.17) is 11.5 Å². The second-order valence-corrected chi connectivity index (χ2v) is 5.38. The summed E-state index contributed by atoms with van der Waals surface area (Å²) in [7, 11) is 0. The van der Waals surface area contributed by atoms with Gasteiger partial charge in [0.25, 0.3) is 0 Å². The van der Waals surface area contributed by atoms with Crippen molar-refractivity contribution in [2.45, 2.75) is 25.8 Å². The number of piperidine rings is 1. The fraction of sp³-hybridized carbons (Fsp3) is 0.533. The maximum Gasteiger partial charge on any atom is 0.248 e. The molecule has 4 nitrogen and oxygen atoms in total. The molecule has 0 bridgehead atoms. The normalized spacial score (nSPS) is 19.4. The van der Waals surface area contributed by atoms with Gasteiger partial charge >= 0.3 is 0 Å². The van der Waals surface area contributed by atoms with Crippen LogP contribution in [0.25, 0.3) is 0 Å². The van der Waals surface area contributed by atoms with Crippen molar-refractivity contribution in [2.75, 3.05) is 19.6 Å². The quantitative estimate of drug-likeness (QED) is 0.870. The van der Waals surface area contributed by atoms with Gasteiger partial charge in [0.1, 0.15) is 0 Å². The maximum atomic E-state index is 11.0. The second-order valence-electron chi connectivity index (χ2n) is 5.38. The Labute approximate surface area is 126 Å². The molecule has 5 heteroatoms. The van der Waals surface area contributed by atoms with Gasteiger partial charge in [-0.2, -0.15) is 0 Å². The minimum atomic E-state index is -0.368. The van der Waals surface area contributed by atoms with Crippen molar-refractivity contribution in [1.82, 2.24) is 4.90 Å². The Morgan fingerprint density at radius 2 is 2.00 bits per heavy atom. The highest BCUT2D eigenvalue weighted by Gasteiger charge is 2.19. The Morgan fingerprint density at radius 3 is 2.60 bits per heavy atom. The van der Waals surface area contributed by atoms with Gasteiger partial charge in [0.05, 0.1) is 0 Å². The molecule has 1 aliphatic rings. The SMILES string of the molecule is Cl.NCCC1CCCN(Cc2ccc(C(N)=O)cc2)C1. The summed E-state index contributed by atoms with van der Waals surface area (Å²) >= 11 is 0. The van der Waals surface area contributed by atoms with Gasteiger partial charge in [-0.05, 0) is 56.0 Å². The topological polar surface area (TPSA) is 72.3 Å². The highest BCUT2D eigenvalue weighted by atomic mass is 35.5. The molecule has 0 radical (unpaired) electrons. The lowest BCUT2D eigenvalue weighted by molar-refractivity contribution is 0.100. The number of primary amides is 1. The Bertz CT molecular complexity index is 420. The number of hydrogen-bond acceptors (Lipinski definition) is 3. The molecule has 4 N–H and O–H groups in total. The molecular weight excluding hydrogens is 274 g/mol. The van der Waals surface area contributed by atoms with Crippen LogP contribution in [0, 0.1) is 5.92 Å². The van der Waals surface area contributed by atoms with Crippen LogP contribution in [0.4, 0.5) is 0 Å². The van der Waals surface area contributed by atoms with Crippen molar-refractivity contribution in [1.29, 1.82) is 0 Å². The minimum absolute atomic E-state index is 0. The Kier molecular flexibility index (Phi) is 6.99. The molecule has 0 aromatic heterocycles. The minimum Gasteiger partial charge on any atom is -0.366 e. The fourth-order valence-corrected chi connectivity index (χ4v) is 2.80. The van der Waals surface area contributed by atoms with Crippen molar-refractivity contribution >= 4 is 18.3 Å². The molecule has 0 saturated carbocycles. The third-order valence-corrected chi connectivity index (χ3v) is 3.82. The van der Waals surface area contributed by atoms with Gasteiger partial charge in [-0.25, -0.2) is 0 Å². The molecule has 1 heterocycles. The number of nitrogens with zero attached hydrogens (tertiary/aromatic N) is 1. The standard InChI is InChI=1S/C15H23N3O.ClH/c16-8-7-12-2-1-9-18(10-12)11-13-3-5-14(6-4-13)15(17)19;/h3-6,12H,1-2,7-11,16H2,(H2,17,19);1H. The van der Waals surface area contributed by atoms with Gasteiger partial charge in [-0.3, -0.25) is 9.69 Å². The summed E-state index contributed by atoms with van der Waals surface area (Å²) in [5.74, 6) is 0.371. The zero-order valence-corrected chi connectivity index (χ0v) is 12.6. The third kappa shape index (κ3) is 4.78. The summed E-state index contributed by atoms with van der Waals surface area (Å²) in [6.07, 6.45) is 3.68. The number of amides is 1. The molecule has 1 saturated heterocycles. The van der Waals surface area contributed by atoms with Crippen LogP contribution in [-0.4, -0.2) is 30.4 Å². The molecule has 2 rings (SSSR count). The van der Waals surface area contributed by atoms with Crippen molar-refractivity contribution < 1.29 is 4.79 Å². The van der Waals surface area contributed by atoms with Gasteiger partial charge in [-0.15, -0.1) is 12.4 Å². The fourth-order valence-electron chi connectivity index (χ4n) is 2.80. The van der Waals surface area contributed by atoms with Crippen LogP contribution in [0.2, 0.25) is 0 Å². The number of carbonyl (C=O) groups is 1.